The Balaban J connectivity index is 4.19. The van der Waals surface area contributed by atoms with Gasteiger partial charge < -0.3 is 24.6 Å². The lowest BCUT2D eigenvalue weighted by atomic mass is 10.0. The van der Waals surface area contributed by atoms with Crippen molar-refractivity contribution in [3.8, 4) is 0 Å². The normalized spacial score (nSPS) is 14.0. The Morgan fingerprint density at radius 1 is 0.492 bits per heavy atom. The van der Waals surface area contributed by atoms with Crippen molar-refractivity contribution in [2.45, 2.75) is 244 Å². The molecule has 358 valence electrons. The summed E-state index contributed by atoms with van der Waals surface area (Å²) in [5.74, 6) is -0.927. The smallest absolute Gasteiger partial charge is 0.462 e. The van der Waals surface area contributed by atoms with Gasteiger partial charge in [-0.05, 0) is 70.6 Å². The molecule has 0 amide bonds. The maximum atomic E-state index is 12.7. The van der Waals surface area contributed by atoms with E-state index in [9.17, 15) is 24.2 Å². The maximum absolute atomic E-state index is 12.7. The molecule has 0 spiro atoms. The summed E-state index contributed by atoms with van der Waals surface area (Å²) in [7, 11) is -4.62. The molecule has 0 aliphatic heterocycles. The number of aliphatic hydroxyl groups excluding tert-OH is 2. The third kappa shape index (κ3) is 46.0. The molecule has 11 heteroatoms. The van der Waals surface area contributed by atoms with Crippen LogP contribution < -0.4 is 0 Å². The molecule has 0 aromatic heterocycles. The highest BCUT2D eigenvalue weighted by Gasteiger charge is 2.27. The average Bonchev–Trinajstić information content (AvgIpc) is 3.25. The van der Waals surface area contributed by atoms with E-state index in [1.165, 1.54) is 141 Å². The Labute approximate surface area is 373 Å². The van der Waals surface area contributed by atoms with Gasteiger partial charge in [-0.1, -0.05) is 185 Å². The molecule has 10 nitrogen and oxygen atoms in total. The van der Waals surface area contributed by atoms with Crippen molar-refractivity contribution in [3.05, 3.63) is 36.5 Å². The standard InChI is InChI=1S/C50H93O10P/c1-3-5-7-9-11-13-15-17-19-21-22-23-24-26-28-30-32-34-36-38-40-42-50(54)60-48(46-59-61(55,56)58-44-47(52)43-51)45-57-49(53)41-39-37-35-33-31-29-27-25-20-18-16-14-12-10-8-6-4-2/h12,14,17-20,47-48,51-52H,3-11,13,15-16,21-46H2,1-2H3,(H,55,56)/b14-12+,19-17+,20-18+/t47-,48+/m0/s1. The number of unbranched alkanes of at least 4 members (excludes halogenated alkanes) is 27. The second-order valence-electron chi connectivity index (χ2n) is 16.8. The minimum Gasteiger partial charge on any atom is -0.462 e. The monoisotopic (exact) mass is 885 g/mol. The molecule has 0 bridgehead atoms. The Kier molecular flexibility index (Phi) is 44.8. The van der Waals surface area contributed by atoms with E-state index in [4.69, 9.17) is 23.6 Å². The van der Waals surface area contributed by atoms with Gasteiger partial charge in [-0.25, -0.2) is 4.57 Å². The minimum atomic E-state index is -4.62. The molecule has 3 N–H and O–H groups in total. The number of esters is 2. The fraction of sp³-hybridized carbons (Fsp3) is 0.840. The highest BCUT2D eigenvalue weighted by molar-refractivity contribution is 7.47. The summed E-state index contributed by atoms with van der Waals surface area (Å²) in [6, 6.07) is 0. The molecule has 0 aromatic carbocycles. The second kappa shape index (κ2) is 46.2. The lowest BCUT2D eigenvalue weighted by molar-refractivity contribution is -0.161. The number of carbonyl (C=O) groups is 2. The van der Waals surface area contributed by atoms with Gasteiger partial charge in [-0.3, -0.25) is 18.6 Å². The molecule has 0 rings (SSSR count). The zero-order chi connectivity index (χ0) is 44.8. The Morgan fingerprint density at radius 3 is 1.31 bits per heavy atom. The fourth-order valence-electron chi connectivity index (χ4n) is 6.90. The summed E-state index contributed by atoms with van der Waals surface area (Å²) in [4.78, 5) is 35.1. The topological polar surface area (TPSA) is 149 Å². The number of allylic oxidation sites excluding steroid dienone is 6. The molecule has 0 saturated carbocycles. The van der Waals surface area contributed by atoms with Crippen LogP contribution in [0.2, 0.25) is 0 Å². The first-order valence-electron chi connectivity index (χ1n) is 24.9. The van der Waals surface area contributed by atoms with Crippen LogP contribution in [-0.4, -0.2) is 65.7 Å². The van der Waals surface area contributed by atoms with Gasteiger partial charge in [0.2, 0.25) is 0 Å². The zero-order valence-electron chi connectivity index (χ0n) is 39.1. The van der Waals surface area contributed by atoms with E-state index in [0.717, 1.165) is 51.4 Å². The van der Waals surface area contributed by atoms with E-state index in [1.807, 2.05) is 0 Å². The third-order valence-corrected chi connectivity index (χ3v) is 11.7. The van der Waals surface area contributed by atoms with Crippen LogP contribution in [0.1, 0.15) is 232 Å². The largest absolute Gasteiger partial charge is 0.472 e. The molecule has 0 saturated heterocycles. The number of phosphoric ester groups is 1. The Bertz CT molecular complexity index is 1110. The van der Waals surface area contributed by atoms with E-state index in [-0.39, 0.29) is 19.4 Å². The average molecular weight is 885 g/mol. The van der Waals surface area contributed by atoms with Gasteiger partial charge in [0.25, 0.3) is 0 Å². The van der Waals surface area contributed by atoms with Crippen molar-refractivity contribution in [1.82, 2.24) is 0 Å². The van der Waals surface area contributed by atoms with Gasteiger partial charge in [-0.2, -0.15) is 0 Å². The van der Waals surface area contributed by atoms with Crippen LogP contribution in [0.25, 0.3) is 0 Å². The van der Waals surface area contributed by atoms with Gasteiger partial charge in [0.1, 0.15) is 12.7 Å². The SMILES string of the molecule is CCCCC/C=C/C/C=C/CCCCCCCCCC(=O)OC[C@H](COP(=O)(O)OC[C@@H](O)CO)OC(=O)CCCCCCCCCCCCC/C=C/CCCCCCCC. The number of ether oxygens (including phenoxy) is 2. The first-order chi connectivity index (χ1) is 29.7. The van der Waals surface area contributed by atoms with Crippen LogP contribution in [0.5, 0.6) is 0 Å². The summed E-state index contributed by atoms with van der Waals surface area (Å²) < 4.78 is 32.8. The van der Waals surface area contributed by atoms with Gasteiger partial charge >= 0.3 is 19.8 Å². The maximum Gasteiger partial charge on any atom is 0.472 e. The lowest BCUT2D eigenvalue weighted by Gasteiger charge is -2.20. The number of phosphoric acid groups is 1. The van der Waals surface area contributed by atoms with Crippen molar-refractivity contribution in [2.75, 3.05) is 26.4 Å². The first kappa shape index (κ1) is 59.2. The first-order valence-corrected chi connectivity index (χ1v) is 26.4. The zero-order valence-corrected chi connectivity index (χ0v) is 40.0. The fourth-order valence-corrected chi connectivity index (χ4v) is 7.69. The quantitative estimate of drug-likeness (QED) is 0.0233. The van der Waals surface area contributed by atoms with Crippen molar-refractivity contribution in [1.29, 1.82) is 0 Å². The molecular weight excluding hydrogens is 792 g/mol. The molecule has 0 heterocycles. The summed E-state index contributed by atoms with van der Waals surface area (Å²) in [5.41, 5.74) is 0. The van der Waals surface area contributed by atoms with Gasteiger partial charge in [0.15, 0.2) is 6.10 Å². The third-order valence-electron chi connectivity index (χ3n) is 10.8. The van der Waals surface area contributed by atoms with Crippen molar-refractivity contribution in [2.24, 2.45) is 0 Å². The predicted molar refractivity (Wildman–Crippen MR) is 251 cm³/mol. The molecule has 0 aromatic rings. The van der Waals surface area contributed by atoms with E-state index in [0.29, 0.717) is 12.8 Å². The minimum absolute atomic E-state index is 0.183. The van der Waals surface area contributed by atoms with Crippen LogP contribution >= 0.6 is 7.82 Å². The molecule has 3 atom stereocenters. The number of carbonyl (C=O) groups excluding carboxylic acids is 2. The Morgan fingerprint density at radius 2 is 0.852 bits per heavy atom. The predicted octanol–water partition coefficient (Wildman–Crippen LogP) is 13.9. The summed E-state index contributed by atoms with van der Waals surface area (Å²) in [6.45, 7) is 2.37. The van der Waals surface area contributed by atoms with Crippen LogP contribution in [0.4, 0.5) is 0 Å². The van der Waals surface area contributed by atoms with Gasteiger partial charge in [0, 0.05) is 12.8 Å². The van der Waals surface area contributed by atoms with Crippen LogP contribution in [0.15, 0.2) is 36.5 Å². The number of hydrogen-bond acceptors (Lipinski definition) is 9. The van der Waals surface area contributed by atoms with Crippen molar-refractivity contribution in [3.63, 3.8) is 0 Å². The summed E-state index contributed by atoms with van der Waals surface area (Å²) in [5, 5.41) is 18.4. The summed E-state index contributed by atoms with van der Waals surface area (Å²) in [6.07, 6.45) is 49.6. The van der Waals surface area contributed by atoms with Gasteiger partial charge in [-0.15, -0.1) is 0 Å². The molecule has 0 aliphatic rings. The highest BCUT2D eigenvalue weighted by atomic mass is 31.2. The highest BCUT2D eigenvalue weighted by Crippen LogP contribution is 2.43. The van der Waals surface area contributed by atoms with Crippen LogP contribution in [0.3, 0.4) is 0 Å². The molecule has 61 heavy (non-hydrogen) atoms. The van der Waals surface area contributed by atoms with E-state index < -0.39 is 51.8 Å². The number of rotatable bonds is 47. The van der Waals surface area contributed by atoms with Crippen molar-refractivity contribution < 1.29 is 47.8 Å². The van der Waals surface area contributed by atoms with Crippen LogP contribution in [-0.2, 0) is 32.7 Å². The molecule has 0 aliphatic carbocycles. The number of hydrogen-bond donors (Lipinski definition) is 3. The van der Waals surface area contributed by atoms with Crippen molar-refractivity contribution >= 4 is 19.8 Å². The van der Waals surface area contributed by atoms with E-state index >= 15 is 0 Å². The van der Waals surface area contributed by atoms with Crippen LogP contribution in [0, 0.1) is 0 Å². The molecule has 1 unspecified atom stereocenters. The lowest BCUT2D eigenvalue weighted by Crippen LogP contribution is -2.29. The molecular formula is C50H93O10P. The molecule has 0 fully saturated rings. The Hall–Kier alpha value is -1.81. The molecule has 0 radical (unpaired) electrons. The van der Waals surface area contributed by atoms with Gasteiger partial charge in [0.05, 0.1) is 19.8 Å². The second-order valence-corrected chi connectivity index (χ2v) is 18.3. The number of aliphatic hydroxyl groups is 2. The van der Waals surface area contributed by atoms with E-state index in [1.54, 1.807) is 0 Å². The van der Waals surface area contributed by atoms with E-state index in [2.05, 4.69) is 50.3 Å². The summed E-state index contributed by atoms with van der Waals surface area (Å²) >= 11 is 0.